The molecular weight excluding hydrogens is 365 g/mol. The van der Waals surface area contributed by atoms with Gasteiger partial charge in [0.1, 0.15) is 0 Å². The molecule has 6 nitrogen and oxygen atoms in total. The number of carbonyl (C=O) groups is 3. The van der Waals surface area contributed by atoms with Gasteiger partial charge in [0.05, 0.1) is 11.5 Å². The summed E-state index contributed by atoms with van der Waals surface area (Å²) in [6.07, 6.45) is -3.73. The van der Waals surface area contributed by atoms with Crippen molar-refractivity contribution < 1.29 is 32.7 Å². The number of carboxylic acid groups (broad SMARTS) is 1. The summed E-state index contributed by atoms with van der Waals surface area (Å²) in [5.41, 5.74) is -1.58. The minimum atomic E-state index is -4.75. The molecule has 0 radical (unpaired) electrons. The van der Waals surface area contributed by atoms with Gasteiger partial charge in [-0.05, 0) is 24.5 Å². The van der Waals surface area contributed by atoms with Crippen LogP contribution in [0, 0.1) is 5.92 Å². The fourth-order valence-corrected chi connectivity index (χ4v) is 3.38. The topological polar surface area (TPSA) is 77.9 Å². The minimum absolute atomic E-state index is 0.131. The van der Waals surface area contributed by atoms with Crippen LogP contribution in [0.2, 0.25) is 0 Å². The van der Waals surface area contributed by atoms with Gasteiger partial charge in [-0.15, -0.1) is 0 Å². The van der Waals surface area contributed by atoms with Gasteiger partial charge in [-0.2, -0.15) is 13.2 Å². The summed E-state index contributed by atoms with van der Waals surface area (Å²) in [5.74, 6) is -2.99. The van der Waals surface area contributed by atoms with Crippen LogP contribution in [0.3, 0.4) is 0 Å². The number of nitrogens with zero attached hydrogens (tertiary/aromatic N) is 2. The van der Waals surface area contributed by atoms with E-state index in [1.807, 2.05) is 0 Å². The van der Waals surface area contributed by atoms with Crippen LogP contribution < -0.4 is 0 Å². The normalized spacial score (nSPS) is 18.7. The molecule has 1 aliphatic rings. The predicted octanol–water partition coefficient (Wildman–Crippen LogP) is 2.55. The summed E-state index contributed by atoms with van der Waals surface area (Å²) >= 11 is 0. The van der Waals surface area contributed by atoms with E-state index in [1.54, 1.807) is 0 Å². The van der Waals surface area contributed by atoms with E-state index in [-0.39, 0.29) is 12.5 Å². The van der Waals surface area contributed by atoms with Crippen LogP contribution in [-0.2, 0) is 20.6 Å². The van der Waals surface area contributed by atoms with Gasteiger partial charge < -0.3 is 14.9 Å². The Morgan fingerprint density at radius 2 is 1.89 bits per heavy atom. The molecule has 2 rings (SSSR count). The molecule has 148 valence electrons. The van der Waals surface area contributed by atoms with E-state index in [9.17, 15) is 32.7 Å². The molecule has 0 spiro atoms. The lowest BCUT2D eigenvalue weighted by molar-refractivity contribution is -0.154. The maximum atomic E-state index is 13.3. The molecule has 1 aliphatic heterocycles. The van der Waals surface area contributed by atoms with Gasteiger partial charge in [-0.25, -0.2) is 4.79 Å². The average Bonchev–Trinajstić information content (AvgIpc) is 2.60. The van der Waals surface area contributed by atoms with Gasteiger partial charge in [0.15, 0.2) is 6.04 Å². The molecule has 2 unspecified atom stereocenters. The van der Waals surface area contributed by atoms with Gasteiger partial charge in [0.2, 0.25) is 11.8 Å². The van der Waals surface area contributed by atoms with Crippen LogP contribution in [-0.4, -0.2) is 52.8 Å². The molecule has 0 aromatic heterocycles. The van der Waals surface area contributed by atoms with Crippen molar-refractivity contribution in [1.82, 2.24) is 9.80 Å². The number of benzene rings is 1. The van der Waals surface area contributed by atoms with Crippen molar-refractivity contribution in [3.63, 3.8) is 0 Å². The molecule has 0 bridgehead atoms. The molecule has 1 heterocycles. The number of hydrogen-bond donors (Lipinski definition) is 1. The van der Waals surface area contributed by atoms with Crippen molar-refractivity contribution in [3.05, 3.63) is 35.4 Å². The molecule has 2 atom stereocenters. The lowest BCUT2D eigenvalue weighted by Crippen LogP contribution is -2.47. The zero-order chi connectivity index (χ0) is 20.4. The number of likely N-dealkylation sites (tertiary alicyclic amines) is 1. The second kappa shape index (κ2) is 7.98. The summed E-state index contributed by atoms with van der Waals surface area (Å²) < 4.78 is 39.9. The zero-order valence-electron chi connectivity index (χ0n) is 15.0. The van der Waals surface area contributed by atoms with E-state index in [4.69, 9.17) is 0 Å². The molecule has 1 fully saturated rings. The number of alkyl halides is 3. The van der Waals surface area contributed by atoms with Gasteiger partial charge in [-0.1, -0.05) is 18.2 Å². The average molecular weight is 386 g/mol. The van der Waals surface area contributed by atoms with Crippen molar-refractivity contribution in [1.29, 1.82) is 0 Å². The third-order valence-corrected chi connectivity index (χ3v) is 4.75. The standard InChI is InChI=1S/C18H21F3N2O4/c1-11(24)23-9-5-6-12(10-23)16(25)22(2)15(17(26)27)13-7-3-4-8-14(13)18(19,20)21/h3-4,7-8,12,15H,5-6,9-10H2,1-2H3,(H,26,27). The quantitative estimate of drug-likeness (QED) is 0.863. The van der Waals surface area contributed by atoms with Crippen LogP contribution in [0.4, 0.5) is 13.2 Å². The zero-order valence-corrected chi connectivity index (χ0v) is 15.0. The molecule has 27 heavy (non-hydrogen) atoms. The van der Waals surface area contributed by atoms with Crippen LogP contribution in [0.25, 0.3) is 0 Å². The Morgan fingerprint density at radius 3 is 2.44 bits per heavy atom. The SMILES string of the molecule is CC(=O)N1CCCC(C(=O)N(C)C(C(=O)O)c2ccccc2C(F)(F)F)C1. The molecule has 1 saturated heterocycles. The summed E-state index contributed by atoms with van der Waals surface area (Å²) in [6.45, 7) is 2.00. The summed E-state index contributed by atoms with van der Waals surface area (Å²) in [6, 6.07) is 2.55. The fraction of sp³-hybridized carbons (Fsp3) is 0.500. The molecule has 1 N–H and O–H groups in total. The van der Waals surface area contributed by atoms with E-state index in [0.717, 1.165) is 17.0 Å². The first-order chi connectivity index (χ1) is 12.5. The van der Waals surface area contributed by atoms with Gasteiger partial charge in [0, 0.05) is 27.1 Å². The Morgan fingerprint density at radius 1 is 1.26 bits per heavy atom. The smallest absolute Gasteiger partial charge is 0.416 e. The third kappa shape index (κ3) is 4.58. The molecule has 9 heteroatoms. The predicted molar refractivity (Wildman–Crippen MR) is 89.6 cm³/mol. The Hall–Kier alpha value is -2.58. The number of carboxylic acids is 1. The van der Waals surface area contributed by atoms with E-state index in [2.05, 4.69) is 0 Å². The van der Waals surface area contributed by atoms with Crippen LogP contribution in [0.1, 0.15) is 36.9 Å². The van der Waals surface area contributed by atoms with Crippen molar-refractivity contribution in [2.24, 2.45) is 5.92 Å². The first kappa shape index (κ1) is 20.7. The van der Waals surface area contributed by atoms with Gasteiger partial charge >= 0.3 is 12.1 Å². The highest BCUT2D eigenvalue weighted by atomic mass is 19.4. The maximum absolute atomic E-state index is 13.3. The highest BCUT2D eigenvalue weighted by Gasteiger charge is 2.40. The van der Waals surface area contributed by atoms with Gasteiger partial charge in [-0.3, -0.25) is 9.59 Å². The fourth-order valence-electron chi connectivity index (χ4n) is 3.38. The Labute approximate surface area is 154 Å². The van der Waals surface area contributed by atoms with Crippen molar-refractivity contribution in [2.75, 3.05) is 20.1 Å². The molecule has 1 aromatic rings. The van der Waals surface area contributed by atoms with Crippen molar-refractivity contribution in [3.8, 4) is 0 Å². The highest BCUT2D eigenvalue weighted by Crippen LogP contribution is 2.36. The molecule has 0 saturated carbocycles. The number of hydrogen-bond acceptors (Lipinski definition) is 3. The first-order valence-corrected chi connectivity index (χ1v) is 8.45. The lowest BCUT2D eigenvalue weighted by atomic mass is 9.94. The van der Waals surface area contributed by atoms with E-state index >= 15 is 0 Å². The minimum Gasteiger partial charge on any atom is -0.479 e. The largest absolute Gasteiger partial charge is 0.479 e. The number of amides is 2. The van der Waals surface area contributed by atoms with Crippen LogP contribution in [0.5, 0.6) is 0 Å². The van der Waals surface area contributed by atoms with Crippen LogP contribution in [0.15, 0.2) is 24.3 Å². The maximum Gasteiger partial charge on any atom is 0.416 e. The molecule has 0 aliphatic carbocycles. The molecular formula is C18H21F3N2O4. The number of rotatable bonds is 4. The number of aliphatic carboxylic acids is 1. The number of halogens is 3. The molecule has 1 aromatic carbocycles. The van der Waals surface area contributed by atoms with Crippen molar-refractivity contribution in [2.45, 2.75) is 32.0 Å². The van der Waals surface area contributed by atoms with E-state index in [0.29, 0.717) is 19.4 Å². The molecule has 2 amide bonds. The van der Waals surface area contributed by atoms with E-state index < -0.39 is 41.1 Å². The second-order valence-corrected chi connectivity index (χ2v) is 6.58. The van der Waals surface area contributed by atoms with Crippen molar-refractivity contribution >= 4 is 17.8 Å². The Balaban J connectivity index is 2.34. The summed E-state index contributed by atoms with van der Waals surface area (Å²) in [5, 5.41) is 9.55. The van der Waals surface area contributed by atoms with Crippen LogP contribution >= 0.6 is 0 Å². The summed E-state index contributed by atoms with van der Waals surface area (Å²) in [4.78, 5) is 38.4. The monoisotopic (exact) mass is 386 g/mol. The Kier molecular flexibility index (Phi) is 6.12. The Bertz CT molecular complexity index is 736. The number of carbonyl (C=O) groups excluding carboxylic acids is 2. The second-order valence-electron chi connectivity index (χ2n) is 6.58. The third-order valence-electron chi connectivity index (χ3n) is 4.75. The number of piperidine rings is 1. The number of likely N-dealkylation sites (N-methyl/N-ethyl adjacent to an activating group) is 1. The highest BCUT2D eigenvalue weighted by molar-refractivity contribution is 5.86. The van der Waals surface area contributed by atoms with Gasteiger partial charge in [0.25, 0.3) is 0 Å². The first-order valence-electron chi connectivity index (χ1n) is 8.45. The van der Waals surface area contributed by atoms with E-state index in [1.165, 1.54) is 31.0 Å². The lowest BCUT2D eigenvalue weighted by Gasteiger charge is -2.35. The summed E-state index contributed by atoms with van der Waals surface area (Å²) in [7, 11) is 1.18.